The molecular weight excluding hydrogens is 367 g/mol. The highest BCUT2D eigenvalue weighted by molar-refractivity contribution is 9.09. The smallest absolute Gasteiger partial charge is 0.341 e. The molecule has 0 unspecified atom stereocenters. The molecule has 6 heteroatoms. The number of benzene rings is 2. The Morgan fingerprint density at radius 3 is 2.57 bits per heavy atom. The highest BCUT2D eigenvalue weighted by Gasteiger charge is 2.17. The van der Waals surface area contributed by atoms with Gasteiger partial charge in [-0.1, -0.05) is 34.1 Å². The second-order valence-electron chi connectivity index (χ2n) is 4.64. The molecule has 2 aromatic carbocycles. The van der Waals surface area contributed by atoms with Crippen molar-refractivity contribution in [2.45, 2.75) is 6.61 Å². The van der Waals surface area contributed by atoms with E-state index in [4.69, 9.17) is 9.47 Å². The van der Waals surface area contributed by atoms with Gasteiger partial charge in [0.1, 0.15) is 23.7 Å². The van der Waals surface area contributed by atoms with Crippen molar-refractivity contribution in [3.63, 3.8) is 0 Å². The van der Waals surface area contributed by atoms with Crippen LogP contribution in [-0.4, -0.2) is 24.2 Å². The third-order valence-corrected chi connectivity index (χ3v) is 3.68. The SMILES string of the molecule is COC(=O)c1cc(C(=O)CBr)ccc1OCc1ccccc1F. The molecule has 0 amide bonds. The lowest BCUT2D eigenvalue weighted by Gasteiger charge is -2.12. The maximum absolute atomic E-state index is 13.6. The number of carbonyl (C=O) groups excluding carboxylic acids is 2. The van der Waals surface area contributed by atoms with Crippen molar-refractivity contribution in [2.75, 3.05) is 12.4 Å². The quantitative estimate of drug-likeness (QED) is 0.434. The van der Waals surface area contributed by atoms with E-state index >= 15 is 0 Å². The number of methoxy groups -OCH3 is 1. The standard InChI is InChI=1S/C17H14BrFO4/c1-22-17(21)13-8-11(15(20)9-18)6-7-16(13)23-10-12-4-2-3-5-14(12)19/h2-8H,9-10H2,1H3. The zero-order valence-electron chi connectivity index (χ0n) is 12.3. The maximum Gasteiger partial charge on any atom is 0.341 e. The number of rotatable bonds is 6. The Kier molecular flexibility index (Phi) is 5.87. The van der Waals surface area contributed by atoms with Gasteiger partial charge in [0.2, 0.25) is 0 Å². The van der Waals surface area contributed by atoms with Crippen LogP contribution < -0.4 is 4.74 Å². The lowest BCUT2D eigenvalue weighted by atomic mass is 10.1. The molecule has 0 bridgehead atoms. The van der Waals surface area contributed by atoms with Gasteiger partial charge in [0.05, 0.1) is 12.4 Å². The molecule has 4 nitrogen and oxygen atoms in total. The third kappa shape index (κ3) is 4.16. The fraction of sp³-hybridized carbons (Fsp3) is 0.176. The lowest BCUT2D eigenvalue weighted by Crippen LogP contribution is -2.09. The number of hydrogen-bond acceptors (Lipinski definition) is 4. The van der Waals surface area contributed by atoms with Crippen molar-refractivity contribution in [2.24, 2.45) is 0 Å². The highest BCUT2D eigenvalue weighted by atomic mass is 79.9. The van der Waals surface area contributed by atoms with Crippen LogP contribution in [0.4, 0.5) is 4.39 Å². The molecule has 0 atom stereocenters. The van der Waals surface area contributed by atoms with Crippen LogP contribution in [-0.2, 0) is 11.3 Å². The molecule has 0 aliphatic carbocycles. The van der Waals surface area contributed by atoms with E-state index in [1.807, 2.05) is 0 Å². The summed E-state index contributed by atoms with van der Waals surface area (Å²) in [5.74, 6) is -0.960. The zero-order chi connectivity index (χ0) is 16.8. The van der Waals surface area contributed by atoms with Crippen LogP contribution in [0.1, 0.15) is 26.3 Å². The second kappa shape index (κ2) is 7.87. The molecule has 2 rings (SSSR count). The minimum Gasteiger partial charge on any atom is -0.488 e. The maximum atomic E-state index is 13.6. The Balaban J connectivity index is 2.28. The van der Waals surface area contributed by atoms with E-state index in [0.29, 0.717) is 11.1 Å². The van der Waals surface area contributed by atoms with Crippen LogP contribution in [0.3, 0.4) is 0 Å². The van der Waals surface area contributed by atoms with Gasteiger partial charge in [-0.05, 0) is 24.3 Å². The molecule has 0 radical (unpaired) electrons. The van der Waals surface area contributed by atoms with Crippen molar-refractivity contribution < 1.29 is 23.5 Å². The zero-order valence-corrected chi connectivity index (χ0v) is 13.9. The van der Waals surface area contributed by atoms with E-state index in [0.717, 1.165) is 0 Å². The minimum absolute atomic E-state index is 0.0393. The summed E-state index contributed by atoms with van der Waals surface area (Å²) < 4.78 is 23.8. The van der Waals surface area contributed by atoms with Gasteiger partial charge in [0, 0.05) is 11.1 Å². The van der Waals surface area contributed by atoms with E-state index in [-0.39, 0.29) is 29.0 Å². The molecule has 0 N–H and O–H groups in total. The molecule has 0 spiro atoms. The van der Waals surface area contributed by atoms with Gasteiger partial charge in [-0.25, -0.2) is 9.18 Å². The van der Waals surface area contributed by atoms with Crippen LogP contribution in [0.5, 0.6) is 5.75 Å². The molecule has 0 aliphatic rings. The van der Waals surface area contributed by atoms with Gasteiger partial charge in [-0.15, -0.1) is 0 Å². The van der Waals surface area contributed by atoms with Gasteiger partial charge in [0.25, 0.3) is 0 Å². The van der Waals surface area contributed by atoms with Gasteiger partial charge in [-0.3, -0.25) is 4.79 Å². The molecule has 0 heterocycles. The Labute approximate surface area is 141 Å². The van der Waals surface area contributed by atoms with E-state index in [1.165, 1.54) is 25.3 Å². The molecule has 0 saturated carbocycles. The summed E-state index contributed by atoms with van der Waals surface area (Å²) in [5.41, 5.74) is 0.847. The van der Waals surface area contributed by atoms with Crippen molar-refractivity contribution in [3.05, 3.63) is 65.0 Å². The minimum atomic E-state index is -0.627. The first-order valence-corrected chi connectivity index (χ1v) is 7.86. The molecule has 2 aromatic rings. The van der Waals surface area contributed by atoms with Gasteiger partial charge in [0.15, 0.2) is 5.78 Å². The number of ether oxygens (including phenoxy) is 2. The molecule has 0 aliphatic heterocycles. The van der Waals surface area contributed by atoms with Crippen LogP contribution in [0.15, 0.2) is 42.5 Å². The summed E-state index contributed by atoms with van der Waals surface area (Å²) in [6.07, 6.45) is 0. The first-order chi connectivity index (χ1) is 11.1. The fourth-order valence-electron chi connectivity index (χ4n) is 1.95. The lowest BCUT2D eigenvalue weighted by molar-refractivity contribution is 0.0595. The Hall–Kier alpha value is -2.21. The number of halogens is 2. The fourth-order valence-corrected chi connectivity index (χ4v) is 2.27. The molecule has 120 valence electrons. The number of alkyl halides is 1. The Morgan fingerprint density at radius 1 is 1.17 bits per heavy atom. The Morgan fingerprint density at radius 2 is 1.91 bits per heavy atom. The number of esters is 1. The van der Waals surface area contributed by atoms with Gasteiger partial charge < -0.3 is 9.47 Å². The topological polar surface area (TPSA) is 52.6 Å². The summed E-state index contributed by atoms with van der Waals surface area (Å²) in [7, 11) is 1.24. The van der Waals surface area contributed by atoms with Crippen molar-refractivity contribution in [1.29, 1.82) is 0 Å². The molecular formula is C17H14BrFO4. The summed E-state index contributed by atoms with van der Waals surface area (Å²) in [5, 5.41) is 0.142. The number of carbonyl (C=O) groups is 2. The van der Waals surface area contributed by atoms with E-state index in [1.54, 1.807) is 24.3 Å². The normalized spacial score (nSPS) is 10.2. The third-order valence-electron chi connectivity index (χ3n) is 3.17. The molecule has 0 fully saturated rings. The second-order valence-corrected chi connectivity index (χ2v) is 5.20. The number of hydrogen-bond donors (Lipinski definition) is 0. The van der Waals surface area contributed by atoms with Crippen molar-refractivity contribution >= 4 is 27.7 Å². The summed E-state index contributed by atoms with van der Waals surface area (Å²) in [6.45, 7) is -0.0393. The summed E-state index contributed by atoms with van der Waals surface area (Å²) >= 11 is 3.08. The molecule has 23 heavy (non-hydrogen) atoms. The predicted octanol–water partition coefficient (Wildman–Crippen LogP) is 3.77. The van der Waals surface area contributed by atoms with Crippen LogP contribution in [0.2, 0.25) is 0 Å². The molecule has 0 aromatic heterocycles. The highest BCUT2D eigenvalue weighted by Crippen LogP contribution is 2.23. The van der Waals surface area contributed by atoms with Crippen LogP contribution in [0.25, 0.3) is 0 Å². The van der Waals surface area contributed by atoms with Crippen molar-refractivity contribution in [1.82, 2.24) is 0 Å². The number of Topliss-reactive ketones (excluding diaryl/α,β-unsaturated/α-hetero) is 1. The first kappa shape index (κ1) is 17.1. The van der Waals surface area contributed by atoms with E-state index in [2.05, 4.69) is 15.9 Å². The van der Waals surface area contributed by atoms with E-state index < -0.39 is 11.8 Å². The average molecular weight is 381 g/mol. The molecule has 0 saturated heterocycles. The summed E-state index contributed by atoms with van der Waals surface area (Å²) in [4.78, 5) is 23.6. The first-order valence-electron chi connectivity index (χ1n) is 6.74. The van der Waals surface area contributed by atoms with Gasteiger partial charge in [-0.2, -0.15) is 0 Å². The Bertz CT molecular complexity index is 730. The van der Waals surface area contributed by atoms with Crippen LogP contribution >= 0.6 is 15.9 Å². The predicted molar refractivity (Wildman–Crippen MR) is 86.6 cm³/mol. The number of ketones is 1. The largest absolute Gasteiger partial charge is 0.488 e. The van der Waals surface area contributed by atoms with Crippen LogP contribution in [0, 0.1) is 5.82 Å². The average Bonchev–Trinajstić information content (AvgIpc) is 2.59. The summed E-state index contributed by atoms with van der Waals surface area (Å²) in [6, 6.07) is 10.7. The van der Waals surface area contributed by atoms with Gasteiger partial charge >= 0.3 is 5.97 Å². The van der Waals surface area contributed by atoms with Crippen molar-refractivity contribution in [3.8, 4) is 5.75 Å². The van der Waals surface area contributed by atoms with E-state index in [9.17, 15) is 14.0 Å². The monoisotopic (exact) mass is 380 g/mol.